The first kappa shape index (κ1) is 17.1. The van der Waals surface area contributed by atoms with E-state index in [1.165, 1.54) is 23.5 Å². The van der Waals surface area contributed by atoms with Gasteiger partial charge in [-0.2, -0.15) is 0 Å². The van der Waals surface area contributed by atoms with E-state index < -0.39 is 0 Å². The predicted molar refractivity (Wildman–Crippen MR) is 94.8 cm³/mol. The van der Waals surface area contributed by atoms with Crippen LogP contribution in [0.25, 0.3) is 10.6 Å². The quantitative estimate of drug-likeness (QED) is 0.573. The van der Waals surface area contributed by atoms with Gasteiger partial charge in [-0.05, 0) is 49.4 Å². The molecule has 0 amide bonds. The summed E-state index contributed by atoms with van der Waals surface area (Å²) in [6.45, 7) is 2.62. The zero-order valence-electron chi connectivity index (χ0n) is 13.6. The number of nitrogens with zero attached hydrogens (tertiary/aromatic N) is 1. The number of hydrogen-bond donors (Lipinski definition) is 0. The van der Waals surface area contributed by atoms with Crippen LogP contribution in [0.5, 0.6) is 11.5 Å². The Labute approximate surface area is 148 Å². The summed E-state index contributed by atoms with van der Waals surface area (Å²) in [4.78, 5) is 15.4. The molecule has 0 spiro atoms. The Morgan fingerprint density at radius 3 is 2.64 bits per heavy atom. The van der Waals surface area contributed by atoms with Gasteiger partial charge >= 0.3 is 0 Å². The Morgan fingerprint density at radius 1 is 1.12 bits per heavy atom. The van der Waals surface area contributed by atoms with E-state index in [9.17, 15) is 9.18 Å². The summed E-state index contributed by atoms with van der Waals surface area (Å²) >= 11 is 1.47. The molecule has 1 heterocycles. The smallest absolute Gasteiger partial charge is 0.161 e. The van der Waals surface area contributed by atoms with Crippen molar-refractivity contribution in [3.8, 4) is 22.1 Å². The molecule has 0 saturated carbocycles. The standard InChI is InChI=1S/C19H16FNO3S/c1-2-23-18-9-13(10-22)3-8-17(18)24-11-16-12-25-19(21-16)14-4-6-15(20)7-5-14/h3-10,12H,2,11H2,1H3. The molecule has 0 saturated heterocycles. The van der Waals surface area contributed by atoms with E-state index in [4.69, 9.17) is 9.47 Å². The maximum atomic E-state index is 13.0. The van der Waals surface area contributed by atoms with Gasteiger partial charge in [0.1, 0.15) is 23.7 Å². The molecule has 0 aliphatic rings. The number of aldehydes is 1. The molecule has 0 radical (unpaired) electrons. The fraction of sp³-hybridized carbons (Fsp3) is 0.158. The molecule has 1 aromatic heterocycles. The summed E-state index contributed by atoms with van der Waals surface area (Å²) in [5, 5.41) is 2.71. The Hall–Kier alpha value is -2.73. The van der Waals surface area contributed by atoms with Gasteiger partial charge in [0.25, 0.3) is 0 Å². The van der Waals surface area contributed by atoms with Gasteiger partial charge in [0.15, 0.2) is 11.5 Å². The van der Waals surface area contributed by atoms with Gasteiger partial charge in [-0.1, -0.05) is 0 Å². The summed E-state index contributed by atoms with van der Waals surface area (Å²) in [5.41, 5.74) is 2.16. The van der Waals surface area contributed by atoms with Crippen LogP contribution in [0.3, 0.4) is 0 Å². The second-order valence-electron chi connectivity index (χ2n) is 5.20. The third kappa shape index (κ3) is 4.22. The number of benzene rings is 2. The molecule has 25 heavy (non-hydrogen) atoms. The average Bonchev–Trinajstić information content (AvgIpc) is 3.10. The minimum absolute atomic E-state index is 0.272. The van der Waals surface area contributed by atoms with Crippen LogP contribution in [0.4, 0.5) is 4.39 Å². The van der Waals surface area contributed by atoms with E-state index in [1.807, 2.05) is 12.3 Å². The Morgan fingerprint density at radius 2 is 1.92 bits per heavy atom. The van der Waals surface area contributed by atoms with Crippen molar-refractivity contribution < 1.29 is 18.7 Å². The summed E-state index contributed by atoms with van der Waals surface area (Å²) in [5.74, 6) is 0.816. The maximum absolute atomic E-state index is 13.0. The first-order chi connectivity index (χ1) is 12.2. The number of carbonyl (C=O) groups is 1. The number of halogens is 1. The van der Waals surface area contributed by atoms with E-state index >= 15 is 0 Å². The van der Waals surface area contributed by atoms with Crippen LogP contribution in [-0.4, -0.2) is 17.9 Å². The van der Waals surface area contributed by atoms with Crippen LogP contribution >= 0.6 is 11.3 Å². The molecule has 2 aromatic carbocycles. The second-order valence-corrected chi connectivity index (χ2v) is 6.05. The van der Waals surface area contributed by atoms with Crippen molar-refractivity contribution in [3.63, 3.8) is 0 Å². The minimum atomic E-state index is -0.272. The van der Waals surface area contributed by atoms with Crippen LogP contribution in [0.1, 0.15) is 23.0 Å². The molecule has 0 aliphatic heterocycles. The number of hydrogen-bond acceptors (Lipinski definition) is 5. The molecular formula is C19H16FNO3S. The lowest BCUT2D eigenvalue weighted by Gasteiger charge is -2.11. The molecule has 6 heteroatoms. The highest BCUT2D eigenvalue weighted by molar-refractivity contribution is 7.13. The van der Waals surface area contributed by atoms with Crippen molar-refractivity contribution in [3.05, 3.63) is 64.9 Å². The number of thiazole rings is 1. The molecule has 3 aromatic rings. The van der Waals surface area contributed by atoms with Crippen molar-refractivity contribution in [1.82, 2.24) is 4.98 Å². The topological polar surface area (TPSA) is 48.4 Å². The molecule has 0 aliphatic carbocycles. The van der Waals surface area contributed by atoms with E-state index in [-0.39, 0.29) is 12.4 Å². The molecular weight excluding hydrogens is 341 g/mol. The number of carbonyl (C=O) groups excluding carboxylic acids is 1. The molecule has 0 unspecified atom stereocenters. The number of rotatable bonds is 7. The van der Waals surface area contributed by atoms with Crippen LogP contribution in [0.15, 0.2) is 47.8 Å². The Kier molecular flexibility index (Phi) is 5.40. The maximum Gasteiger partial charge on any atom is 0.161 e. The second kappa shape index (κ2) is 7.90. The normalized spacial score (nSPS) is 10.5. The summed E-state index contributed by atoms with van der Waals surface area (Å²) in [7, 11) is 0. The molecule has 128 valence electrons. The lowest BCUT2D eigenvalue weighted by molar-refractivity contribution is 0.112. The summed E-state index contributed by atoms with van der Waals surface area (Å²) in [6, 6.07) is 11.3. The SMILES string of the molecule is CCOc1cc(C=O)ccc1OCc1csc(-c2ccc(F)cc2)n1. The monoisotopic (exact) mass is 357 g/mol. The largest absolute Gasteiger partial charge is 0.490 e. The molecule has 3 rings (SSSR count). The molecule has 4 nitrogen and oxygen atoms in total. The lowest BCUT2D eigenvalue weighted by Crippen LogP contribution is -2.00. The fourth-order valence-electron chi connectivity index (χ4n) is 2.24. The van der Waals surface area contributed by atoms with Gasteiger partial charge in [0, 0.05) is 16.5 Å². The van der Waals surface area contributed by atoms with Crippen LogP contribution < -0.4 is 9.47 Å². The highest BCUT2D eigenvalue weighted by Gasteiger charge is 2.09. The Balaban J connectivity index is 1.72. The van der Waals surface area contributed by atoms with Gasteiger partial charge in [-0.25, -0.2) is 9.37 Å². The van der Waals surface area contributed by atoms with Crippen molar-refractivity contribution in [2.75, 3.05) is 6.61 Å². The van der Waals surface area contributed by atoms with Crippen LogP contribution in [0, 0.1) is 5.82 Å². The van der Waals surface area contributed by atoms with E-state index in [1.54, 1.807) is 30.3 Å². The van der Waals surface area contributed by atoms with Crippen LogP contribution in [-0.2, 0) is 6.61 Å². The fourth-order valence-corrected chi connectivity index (χ4v) is 3.05. The average molecular weight is 357 g/mol. The minimum Gasteiger partial charge on any atom is -0.490 e. The lowest BCUT2D eigenvalue weighted by atomic mass is 10.2. The summed E-state index contributed by atoms with van der Waals surface area (Å²) < 4.78 is 24.3. The molecule has 0 bridgehead atoms. The van der Waals surface area contributed by atoms with Crippen molar-refractivity contribution >= 4 is 17.6 Å². The highest BCUT2D eigenvalue weighted by atomic mass is 32.1. The number of ether oxygens (including phenoxy) is 2. The van der Waals surface area contributed by atoms with Gasteiger partial charge in [0.2, 0.25) is 0 Å². The van der Waals surface area contributed by atoms with Gasteiger partial charge < -0.3 is 9.47 Å². The zero-order valence-corrected chi connectivity index (χ0v) is 14.4. The van der Waals surface area contributed by atoms with Gasteiger partial charge in [-0.3, -0.25) is 4.79 Å². The first-order valence-electron chi connectivity index (χ1n) is 7.74. The third-order valence-electron chi connectivity index (χ3n) is 3.42. The van der Waals surface area contributed by atoms with Crippen LogP contribution in [0.2, 0.25) is 0 Å². The van der Waals surface area contributed by atoms with Crippen molar-refractivity contribution in [2.24, 2.45) is 0 Å². The third-order valence-corrected chi connectivity index (χ3v) is 4.36. The highest BCUT2D eigenvalue weighted by Crippen LogP contribution is 2.30. The molecule has 0 fully saturated rings. The molecule has 0 atom stereocenters. The first-order valence-corrected chi connectivity index (χ1v) is 8.62. The molecule has 0 N–H and O–H groups in total. The van der Waals surface area contributed by atoms with Crippen molar-refractivity contribution in [1.29, 1.82) is 0 Å². The van der Waals surface area contributed by atoms with Gasteiger partial charge in [0.05, 0.1) is 12.3 Å². The number of aromatic nitrogens is 1. The zero-order chi connectivity index (χ0) is 17.6. The van der Waals surface area contributed by atoms with E-state index in [0.29, 0.717) is 23.7 Å². The van der Waals surface area contributed by atoms with E-state index in [0.717, 1.165) is 22.6 Å². The Bertz CT molecular complexity index is 861. The predicted octanol–water partition coefficient (Wildman–Crippen LogP) is 4.74. The summed E-state index contributed by atoms with van der Waals surface area (Å²) in [6.07, 6.45) is 0.766. The van der Waals surface area contributed by atoms with Crippen molar-refractivity contribution in [2.45, 2.75) is 13.5 Å². The van der Waals surface area contributed by atoms with Gasteiger partial charge in [-0.15, -0.1) is 11.3 Å². The van der Waals surface area contributed by atoms with E-state index in [2.05, 4.69) is 4.98 Å².